The summed E-state index contributed by atoms with van der Waals surface area (Å²) in [5.74, 6) is -3.88. The van der Waals surface area contributed by atoms with Crippen LogP contribution in [0, 0.1) is 0 Å². The van der Waals surface area contributed by atoms with Gasteiger partial charge in [0, 0.05) is 12.3 Å². The second kappa shape index (κ2) is 14.4. The van der Waals surface area contributed by atoms with Crippen LogP contribution in [0.15, 0.2) is 39.3 Å². The van der Waals surface area contributed by atoms with Crippen molar-refractivity contribution in [1.29, 1.82) is 0 Å². The number of carbonyl (C=O) groups is 2. The topological polar surface area (TPSA) is 339 Å². The van der Waals surface area contributed by atoms with Crippen molar-refractivity contribution in [3.8, 4) is 0 Å². The number of aliphatic carboxylic acids is 2. The number of carboxylic acids is 2. The number of hydrogen-bond acceptors (Lipinski definition) is 17. The second-order valence-electron chi connectivity index (χ2n) is 9.01. The Morgan fingerprint density at radius 3 is 1.82 bits per heavy atom. The van der Waals surface area contributed by atoms with Gasteiger partial charge in [0.15, 0.2) is 11.2 Å². The molecule has 2 aliphatic heterocycles. The van der Waals surface area contributed by atoms with Crippen molar-refractivity contribution in [3.63, 3.8) is 0 Å². The number of aliphatic hydroxyl groups is 6. The van der Waals surface area contributed by atoms with Crippen LogP contribution in [-0.4, -0.2) is 121 Å². The third-order valence-electron chi connectivity index (χ3n) is 6.70. The largest absolute Gasteiger partial charge is 1.00 e. The van der Waals surface area contributed by atoms with Gasteiger partial charge in [-0.3, -0.25) is 23.7 Å². The maximum Gasteiger partial charge on any atom is 1.00 e. The molecule has 23 heteroatoms. The predicted octanol–water partition coefficient (Wildman–Crippen LogP) is -15.3. The number of carbonyl (C=O) groups excluding carboxylic acids is 2. The first kappa shape index (κ1) is 37.8. The minimum atomic E-state index is -2.74. The minimum Gasteiger partial charge on any atom is -0.545 e. The molecular weight excluding hydrogens is 622 g/mol. The van der Waals surface area contributed by atoms with Gasteiger partial charge in [-0.1, -0.05) is 0 Å². The van der Waals surface area contributed by atoms with Crippen LogP contribution in [0.3, 0.4) is 0 Å². The molecule has 0 bridgehead atoms. The summed E-state index contributed by atoms with van der Waals surface area (Å²) in [6.45, 7) is -1.51. The molecule has 0 aliphatic carbocycles. The van der Waals surface area contributed by atoms with E-state index in [-0.39, 0.29) is 70.3 Å². The van der Waals surface area contributed by atoms with Gasteiger partial charge in [0.2, 0.25) is 11.4 Å². The van der Waals surface area contributed by atoms with Crippen molar-refractivity contribution in [2.75, 3.05) is 13.2 Å². The zero-order valence-corrected chi connectivity index (χ0v) is 26.8. The van der Waals surface area contributed by atoms with E-state index in [9.17, 15) is 54.6 Å². The summed E-state index contributed by atoms with van der Waals surface area (Å²) < 4.78 is 11.2. The summed E-state index contributed by atoms with van der Waals surface area (Å²) in [7, 11) is 0. The molecule has 2 fully saturated rings. The van der Waals surface area contributed by atoms with E-state index in [0.717, 1.165) is 29.5 Å². The number of carboxylic acid groups (broad SMARTS) is 2. The maximum atomic E-state index is 11.7. The van der Waals surface area contributed by atoms with Gasteiger partial charge in [0.1, 0.15) is 43.0 Å². The summed E-state index contributed by atoms with van der Waals surface area (Å²) >= 11 is 0. The van der Waals surface area contributed by atoms with Gasteiger partial charge < -0.3 is 64.9 Å². The standard InChI is InChI=1S/C11H12N4O7.C10H12N2O8.2Na/c16-1-4-6(17)7(18)11(22-4,10(20)21)15-3-14-5-8(15)12-2-13-9(5)19;13-3-4-6(15)7(16)10(20-4,8(17)18)12-2-1-5(14)11-9(12)19;;/h2-4,6-7,16-18H,1H2,(H,20,21)(H,12,13,19);1-2,4,6-7,13,15-16H,3H2,(H,17,18)(H,11,14,19);;/q;;2*+1/p-2/t4-,6-,7-,11+;4-,6-,7-,10+;;/m11../s1. The van der Waals surface area contributed by atoms with Gasteiger partial charge in [-0.05, 0) is 0 Å². The molecule has 0 radical (unpaired) electrons. The molecule has 5 rings (SSSR count). The van der Waals surface area contributed by atoms with Crippen molar-refractivity contribution in [1.82, 2.24) is 29.1 Å². The van der Waals surface area contributed by atoms with Crippen LogP contribution < -0.4 is 86.1 Å². The van der Waals surface area contributed by atoms with Crippen LogP contribution >= 0.6 is 0 Å². The van der Waals surface area contributed by atoms with Gasteiger partial charge in [-0.2, -0.15) is 0 Å². The number of hydrogen-bond donors (Lipinski definition) is 8. The van der Waals surface area contributed by atoms with E-state index >= 15 is 0 Å². The average Bonchev–Trinajstić information content (AvgIpc) is 3.57. The first-order valence-electron chi connectivity index (χ1n) is 11.7. The predicted molar refractivity (Wildman–Crippen MR) is 123 cm³/mol. The van der Waals surface area contributed by atoms with E-state index < -0.39 is 90.0 Å². The Hall–Kier alpha value is -2.35. The van der Waals surface area contributed by atoms with E-state index in [1.165, 1.54) is 0 Å². The number of rotatable bonds is 6. The van der Waals surface area contributed by atoms with Gasteiger partial charge in [-0.15, -0.1) is 0 Å². The molecule has 0 unspecified atom stereocenters. The smallest absolute Gasteiger partial charge is 0.545 e. The first-order chi connectivity index (χ1) is 19.8. The number of aromatic amines is 2. The summed E-state index contributed by atoms with van der Waals surface area (Å²) in [4.78, 5) is 68.8. The molecule has 2 aliphatic rings. The molecule has 2 saturated heterocycles. The van der Waals surface area contributed by atoms with Crippen molar-refractivity contribution in [2.45, 2.75) is 48.1 Å². The Balaban J connectivity index is 0.000000295. The Morgan fingerprint density at radius 1 is 0.886 bits per heavy atom. The molecule has 228 valence electrons. The van der Waals surface area contributed by atoms with E-state index in [1.54, 1.807) is 4.98 Å². The number of nitrogens with one attached hydrogen (secondary N) is 2. The number of ether oxygens (including phenoxy) is 2. The summed E-state index contributed by atoms with van der Waals surface area (Å²) in [5.41, 5.74) is -8.25. The molecular formula is C21H22N6Na2O15. The number of fused-ring (bicyclic) bond motifs is 1. The minimum absolute atomic E-state index is 0. The molecule has 0 amide bonds. The number of imidazole rings is 1. The molecule has 5 heterocycles. The van der Waals surface area contributed by atoms with E-state index in [2.05, 4.69) is 15.0 Å². The first-order valence-corrected chi connectivity index (χ1v) is 11.7. The molecule has 3 aromatic rings. The van der Waals surface area contributed by atoms with Gasteiger partial charge >= 0.3 is 64.8 Å². The summed E-state index contributed by atoms with van der Waals surface area (Å²) in [6, 6.07) is 0.834. The number of aliphatic hydroxyl groups excluding tert-OH is 6. The zero-order valence-electron chi connectivity index (χ0n) is 22.8. The zero-order chi connectivity index (χ0) is 31.1. The number of H-pyrrole nitrogens is 2. The van der Waals surface area contributed by atoms with Crippen LogP contribution in [0.1, 0.15) is 0 Å². The normalized spacial score (nSPS) is 31.0. The number of aromatic nitrogens is 6. The maximum absolute atomic E-state index is 11.7. The van der Waals surface area contributed by atoms with Gasteiger partial charge in [0.25, 0.3) is 11.1 Å². The average molecular weight is 644 g/mol. The van der Waals surface area contributed by atoms with Crippen LogP contribution in [0.2, 0.25) is 0 Å². The van der Waals surface area contributed by atoms with Crippen LogP contribution in [0.5, 0.6) is 0 Å². The van der Waals surface area contributed by atoms with Crippen molar-refractivity contribution >= 4 is 23.1 Å². The molecule has 0 aromatic carbocycles. The molecule has 3 aromatic heterocycles. The van der Waals surface area contributed by atoms with Crippen molar-refractivity contribution in [3.05, 3.63) is 56.1 Å². The molecule has 44 heavy (non-hydrogen) atoms. The van der Waals surface area contributed by atoms with Gasteiger partial charge in [-0.25, -0.2) is 14.8 Å². The third kappa shape index (κ3) is 5.96. The van der Waals surface area contributed by atoms with Crippen molar-refractivity contribution < 1.29 is 119 Å². The van der Waals surface area contributed by atoms with E-state index in [4.69, 9.17) is 19.7 Å². The fourth-order valence-electron chi connectivity index (χ4n) is 4.60. The Labute approximate surface area is 286 Å². The van der Waals surface area contributed by atoms with Crippen molar-refractivity contribution in [2.24, 2.45) is 0 Å². The monoisotopic (exact) mass is 644 g/mol. The SMILES string of the molecule is O=C([O-])[C@@]1(n2ccc(=O)[nH]c2=O)O[C@H](CO)[C@@H](O)[C@H]1O.O=C([O-])[C@@]1(n2cnc3c(=O)[nH]cnc32)O[C@H](CO)[C@@H](O)[C@H]1O.[Na+].[Na+]. The Kier molecular flexibility index (Phi) is 12.4. The van der Waals surface area contributed by atoms with Crippen LogP contribution in [0.4, 0.5) is 0 Å². The molecule has 0 spiro atoms. The molecule has 21 nitrogen and oxygen atoms in total. The quantitative estimate of drug-likeness (QED) is 0.115. The van der Waals surface area contributed by atoms with E-state index in [1.807, 2.05) is 0 Å². The molecule has 8 N–H and O–H groups in total. The fraction of sp³-hybridized carbons (Fsp3) is 0.476. The van der Waals surface area contributed by atoms with Gasteiger partial charge in [0.05, 0.1) is 31.5 Å². The number of nitrogens with zero attached hydrogens (tertiary/aromatic N) is 4. The van der Waals surface area contributed by atoms with Crippen LogP contribution in [-0.2, 0) is 30.5 Å². The molecule has 8 atom stereocenters. The fourth-order valence-corrected chi connectivity index (χ4v) is 4.60. The summed E-state index contributed by atoms with van der Waals surface area (Å²) in [6.07, 6.45) is -7.52. The molecule has 0 saturated carbocycles. The second-order valence-corrected chi connectivity index (χ2v) is 9.01. The Bertz CT molecular complexity index is 1680. The third-order valence-corrected chi connectivity index (χ3v) is 6.70. The Morgan fingerprint density at radius 2 is 1.39 bits per heavy atom. The summed E-state index contributed by atoms with van der Waals surface area (Å²) in [5, 5.41) is 80.5. The van der Waals surface area contributed by atoms with E-state index in [0.29, 0.717) is 4.57 Å². The van der Waals surface area contributed by atoms with Crippen LogP contribution in [0.25, 0.3) is 11.2 Å².